The highest BCUT2D eigenvalue weighted by molar-refractivity contribution is 6.29. The Morgan fingerprint density at radius 3 is 2.71 bits per heavy atom. The number of aromatic nitrogens is 2. The van der Waals surface area contributed by atoms with Gasteiger partial charge in [0.15, 0.2) is 0 Å². The van der Waals surface area contributed by atoms with Gasteiger partial charge in [-0.1, -0.05) is 11.6 Å². The van der Waals surface area contributed by atoms with Crippen LogP contribution in [0.5, 0.6) is 0 Å². The van der Waals surface area contributed by atoms with Crippen LogP contribution >= 0.6 is 11.6 Å². The molecule has 0 aromatic carbocycles. The van der Waals surface area contributed by atoms with Crippen molar-refractivity contribution >= 4 is 17.3 Å². The number of pyridine rings is 2. The monoisotopic (exact) mass is 253 g/mol. The third-order valence-electron chi connectivity index (χ3n) is 1.99. The van der Waals surface area contributed by atoms with Crippen molar-refractivity contribution in [3.63, 3.8) is 0 Å². The van der Waals surface area contributed by atoms with E-state index in [0.29, 0.717) is 5.56 Å². The number of hydrogen-bond donors (Lipinski definition) is 0. The Bertz CT molecular complexity index is 592. The Kier molecular flexibility index (Phi) is 2.97. The van der Waals surface area contributed by atoms with Crippen LogP contribution in [0.4, 0.5) is 10.1 Å². The molecule has 0 bridgehead atoms. The van der Waals surface area contributed by atoms with E-state index in [9.17, 15) is 14.5 Å². The molecule has 17 heavy (non-hydrogen) atoms. The van der Waals surface area contributed by atoms with Crippen molar-refractivity contribution in [1.82, 2.24) is 9.97 Å². The van der Waals surface area contributed by atoms with E-state index in [0.717, 1.165) is 12.3 Å². The van der Waals surface area contributed by atoms with Gasteiger partial charge in [0.05, 0.1) is 22.9 Å². The van der Waals surface area contributed by atoms with Crippen molar-refractivity contribution in [2.24, 2.45) is 0 Å². The normalized spacial score (nSPS) is 10.2. The molecule has 0 unspecified atom stereocenters. The van der Waals surface area contributed by atoms with Crippen molar-refractivity contribution in [3.8, 4) is 11.3 Å². The summed E-state index contributed by atoms with van der Waals surface area (Å²) in [5.74, 6) is -0.549. The van der Waals surface area contributed by atoms with Gasteiger partial charge in [-0.2, -0.15) is 0 Å². The van der Waals surface area contributed by atoms with Gasteiger partial charge in [0.2, 0.25) is 0 Å². The SMILES string of the molecule is O=[N+]([O-])c1cc(Cl)nc(-c2cncc(F)c2)c1. The summed E-state index contributed by atoms with van der Waals surface area (Å²) in [7, 11) is 0. The number of halogens is 2. The predicted molar refractivity (Wildman–Crippen MR) is 59.1 cm³/mol. The minimum Gasteiger partial charge on any atom is -0.261 e. The van der Waals surface area contributed by atoms with E-state index in [4.69, 9.17) is 11.6 Å². The van der Waals surface area contributed by atoms with Gasteiger partial charge in [-0.25, -0.2) is 9.37 Å². The standard InChI is InChI=1S/C10H5ClFN3O2/c11-10-3-8(15(16)17)2-9(14-10)6-1-7(12)5-13-4-6/h1-5H. The molecule has 7 heteroatoms. The first-order valence-electron chi connectivity index (χ1n) is 4.49. The Morgan fingerprint density at radius 1 is 1.29 bits per heavy atom. The number of nitrogens with zero attached hydrogens (tertiary/aromatic N) is 3. The van der Waals surface area contributed by atoms with Gasteiger partial charge in [-0.3, -0.25) is 15.1 Å². The zero-order chi connectivity index (χ0) is 12.4. The zero-order valence-corrected chi connectivity index (χ0v) is 9.06. The van der Waals surface area contributed by atoms with Crippen LogP contribution in [-0.4, -0.2) is 14.9 Å². The molecule has 0 saturated carbocycles. The number of nitro groups is 1. The van der Waals surface area contributed by atoms with Crippen molar-refractivity contribution < 1.29 is 9.31 Å². The summed E-state index contributed by atoms with van der Waals surface area (Å²) in [5.41, 5.74) is 0.330. The lowest BCUT2D eigenvalue weighted by atomic mass is 10.2. The van der Waals surface area contributed by atoms with Gasteiger partial charge < -0.3 is 0 Å². The second-order valence-corrected chi connectivity index (χ2v) is 3.57. The molecule has 0 fully saturated rings. The van der Waals surface area contributed by atoms with Gasteiger partial charge in [0.1, 0.15) is 11.0 Å². The molecule has 5 nitrogen and oxygen atoms in total. The maximum Gasteiger partial charge on any atom is 0.274 e. The fourth-order valence-corrected chi connectivity index (χ4v) is 1.49. The lowest BCUT2D eigenvalue weighted by molar-refractivity contribution is -0.384. The minimum absolute atomic E-state index is 0.0292. The molecule has 0 saturated heterocycles. The van der Waals surface area contributed by atoms with E-state index in [1.807, 2.05) is 0 Å². The van der Waals surface area contributed by atoms with Crippen LogP contribution in [0.1, 0.15) is 0 Å². The molecule has 0 aliphatic carbocycles. The van der Waals surface area contributed by atoms with Gasteiger partial charge >= 0.3 is 0 Å². The summed E-state index contributed by atoms with van der Waals surface area (Å²) in [4.78, 5) is 17.6. The predicted octanol–water partition coefficient (Wildman–Crippen LogP) is 2.84. The third kappa shape index (κ3) is 2.54. The first kappa shape index (κ1) is 11.4. The molecule has 0 atom stereocenters. The summed E-state index contributed by atoms with van der Waals surface area (Å²) in [6.07, 6.45) is 2.38. The number of rotatable bonds is 2. The molecule has 0 N–H and O–H groups in total. The second kappa shape index (κ2) is 4.42. The van der Waals surface area contributed by atoms with Crippen LogP contribution in [0, 0.1) is 15.9 Å². The van der Waals surface area contributed by atoms with Crippen molar-refractivity contribution in [1.29, 1.82) is 0 Å². The van der Waals surface area contributed by atoms with Gasteiger partial charge in [-0.15, -0.1) is 0 Å². The van der Waals surface area contributed by atoms with Gasteiger partial charge in [0, 0.05) is 17.8 Å². The molecular weight excluding hydrogens is 249 g/mol. The first-order chi connectivity index (χ1) is 8.06. The average Bonchev–Trinajstić information content (AvgIpc) is 2.28. The molecule has 2 rings (SSSR count). The molecule has 2 aromatic rings. The molecular formula is C10H5ClFN3O2. The van der Waals surface area contributed by atoms with Gasteiger partial charge in [-0.05, 0) is 6.07 Å². The molecule has 0 amide bonds. The Labute approximate surface area is 100 Å². The van der Waals surface area contributed by atoms with Crippen LogP contribution in [0.3, 0.4) is 0 Å². The zero-order valence-electron chi connectivity index (χ0n) is 8.30. The van der Waals surface area contributed by atoms with Crippen LogP contribution in [-0.2, 0) is 0 Å². The Hall–Kier alpha value is -2.08. The summed E-state index contributed by atoms with van der Waals surface area (Å²) in [5, 5.41) is 10.6. The highest BCUT2D eigenvalue weighted by Gasteiger charge is 2.12. The van der Waals surface area contributed by atoms with E-state index in [2.05, 4.69) is 9.97 Å². The van der Waals surface area contributed by atoms with Crippen molar-refractivity contribution in [2.45, 2.75) is 0 Å². The Balaban J connectivity index is 2.56. The molecule has 2 heterocycles. The maximum absolute atomic E-state index is 13.0. The highest BCUT2D eigenvalue weighted by Crippen LogP contribution is 2.24. The summed E-state index contributed by atoms with van der Waals surface area (Å²) in [6.45, 7) is 0. The molecule has 0 radical (unpaired) electrons. The third-order valence-corrected chi connectivity index (χ3v) is 2.18. The minimum atomic E-state index is -0.593. The lowest BCUT2D eigenvalue weighted by Gasteiger charge is -2.01. The van der Waals surface area contributed by atoms with Crippen LogP contribution in [0.15, 0.2) is 30.6 Å². The quantitative estimate of drug-likeness (QED) is 0.469. The first-order valence-corrected chi connectivity index (χ1v) is 4.87. The smallest absolute Gasteiger partial charge is 0.261 e. The lowest BCUT2D eigenvalue weighted by Crippen LogP contribution is -1.92. The largest absolute Gasteiger partial charge is 0.274 e. The molecule has 0 aliphatic rings. The van der Waals surface area contributed by atoms with E-state index in [1.54, 1.807) is 0 Å². The second-order valence-electron chi connectivity index (χ2n) is 3.18. The maximum atomic E-state index is 13.0. The number of hydrogen-bond acceptors (Lipinski definition) is 4. The fourth-order valence-electron chi connectivity index (χ4n) is 1.29. The molecule has 86 valence electrons. The van der Waals surface area contributed by atoms with Crippen molar-refractivity contribution in [3.05, 3.63) is 51.7 Å². The topological polar surface area (TPSA) is 68.9 Å². The highest BCUT2D eigenvalue weighted by atomic mass is 35.5. The summed E-state index contributed by atoms with van der Waals surface area (Å²) < 4.78 is 13.0. The summed E-state index contributed by atoms with van der Waals surface area (Å²) in [6, 6.07) is 3.51. The molecule has 0 spiro atoms. The van der Waals surface area contributed by atoms with E-state index >= 15 is 0 Å². The molecule has 2 aromatic heterocycles. The average molecular weight is 254 g/mol. The van der Waals surface area contributed by atoms with Gasteiger partial charge in [0.25, 0.3) is 5.69 Å². The van der Waals surface area contributed by atoms with Crippen LogP contribution < -0.4 is 0 Å². The fraction of sp³-hybridized carbons (Fsp3) is 0. The molecule has 0 aliphatic heterocycles. The van der Waals surface area contributed by atoms with E-state index < -0.39 is 10.7 Å². The van der Waals surface area contributed by atoms with Crippen molar-refractivity contribution in [2.75, 3.05) is 0 Å². The van der Waals surface area contributed by atoms with E-state index in [-0.39, 0.29) is 16.5 Å². The van der Waals surface area contributed by atoms with Crippen LogP contribution in [0.25, 0.3) is 11.3 Å². The summed E-state index contributed by atoms with van der Waals surface area (Å²) >= 11 is 5.65. The Morgan fingerprint density at radius 2 is 2.06 bits per heavy atom. The van der Waals surface area contributed by atoms with E-state index in [1.165, 1.54) is 18.3 Å². The van der Waals surface area contributed by atoms with Crippen LogP contribution in [0.2, 0.25) is 5.15 Å².